The van der Waals surface area contributed by atoms with Gasteiger partial charge in [0.05, 0.1) is 25.2 Å². The Hall–Kier alpha value is -1.84. The first-order chi connectivity index (χ1) is 11.2. The van der Waals surface area contributed by atoms with Crippen molar-refractivity contribution in [1.82, 2.24) is 0 Å². The Morgan fingerprint density at radius 3 is 2.39 bits per heavy atom. The maximum Gasteiger partial charge on any atom is 0.338 e. The van der Waals surface area contributed by atoms with Crippen molar-refractivity contribution in [3.63, 3.8) is 0 Å². The van der Waals surface area contributed by atoms with E-state index in [1.54, 1.807) is 13.8 Å². The highest BCUT2D eigenvalue weighted by Gasteiger charge is 2.25. The average Bonchev–Trinajstić information content (AvgIpc) is 2.56. The van der Waals surface area contributed by atoms with Crippen molar-refractivity contribution >= 4 is 11.9 Å². The molecule has 0 atom stereocenters. The van der Waals surface area contributed by atoms with E-state index in [-0.39, 0.29) is 18.4 Å². The quantitative estimate of drug-likeness (QED) is 0.743. The van der Waals surface area contributed by atoms with E-state index in [9.17, 15) is 9.59 Å². The summed E-state index contributed by atoms with van der Waals surface area (Å²) in [6, 6.07) is 5.77. The molecule has 0 bridgehead atoms. The zero-order chi connectivity index (χ0) is 16.7. The van der Waals surface area contributed by atoms with Crippen molar-refractivity contribution in [2.45, 2.75) is 58.3 Å². The molecule has 2 rings (SSSR count). The fourth-order valence-electron chi connectivity index (χ4n) is 3.34. The third-order valence-electron chi connectivity index (χ3n) is 4.35. The minimum atomic E-state index is -0.326. The lowest BCUT2D eigenvalue weighted by molar-refractivity contribution is -0.142. The zero-order valence-corrected chi connectivity index (χ0v) is 14.1. The van der Waals surface area contributed by atoms with Crippen molar-refractivity contribution in [3.05, 3.63) is 34.9 Å². The average molecular weight is 318 g/mol. The lowest BCUT2D eigenvalue weighted by Gasteiger charge is -2.25. The molecule has 1 saturated carbocycles. The summed E-state index contributed by atoms with van der Waals surface area (Å²) in [6.45, 7) is 4.25. The van der Waals surface area contributed by atoms with E-state index in [4.69, 9.17) is 9.47 Å². The van der Waals surface area contributed by atoms with E-state index in [0.29, 0.717) is 30.3 Å². The van der Waals surface area contributed by atoms with Crippen LogP contribution in [-0.2, 0) is 20.7 Å². The number of carbonyl (C=O) groups is 2. The maximum atomic E-state index is 12.5. The molecular formula is C19H26O4. The Balaban J connectivity index is 2.36. The molecule has 1 aromatic rings. The molecule has 1 aliphatic rings. The first kappa shape index (κ1) is 17.5. The number of carbonyl (C=O) groups excluding carboxylic acids is 2. The predicted octanol–water partition coefficient (Wildman–Crippen LogP) is 4.02. The van der Waals surface area contributed by atoms with Crippen LogP contribution in [0.2, 0.25) is 0 Å². The van der Waals surface area contributed by atoms with E-state index in [0.717, 1.165) is 18.4 Å². The van der Waals surface area contributed by atoms with Crippen LogP contribution in [0.4, 0.5) is 0 Å². The van der Waals surface area contributed by atoms with Gasteiger partial charge in [0.15, 0.2) is 0 Å². The molecule has 0 heterocycles. The first-order valence-electron chi connectivity index (χ1n) is 8.61. The zero-order valence-electron chi connectivity index (χ0n) is 14.1. The number of esters is 2. The van der Waals surface area contributed by atoms with E-state index in [1.807, 2.05) is 18.2 Å². The summed E-state index contributed by atoms with van der Waals surface area (Å²) in [5.41, 5.74) is 2.32. The Morgan fingerprint density at radius 1 is 1.04 bits per heavy atom. The topological polar surface area (TPSA) is 52.6 Å². The van der Waals surface area contributed by atoms with Crippen LogP contribution in [0.3, 0.4) is 0 Å². The number of ether oxygens (including phenoxy) is 2. The normalized spacial score (nSPS) is 15.2. The molecule has 0 aromatic heterocycles. The molecule has 0 unspecified atom stereocenters. The molecule has 0 aliphatic heterocycles. The van der Waals surface area contributed by atoms with Gasteiger partial charge in [0.25, 0.3) is 0 Å². The van der Waals surface area contributed by atoms with E-state index >= 15 is 0 Å². The number of benzene rings is 1. The molecule has 0 amide bonds. The monoisotopic (exact) mass is 318 g/mol. The summed E-state index contributed by atoms with van der Waals surface area (Å²) in [6.07, 6.45) is 5.94. The largest absolute Gasteiger partial charge is 0.466 e. The van der Waals surface area contributed by atoms with Gasteiger partial charge in [-0.2, -0.15) is 0 Å². The first-order valence-corrected chi connectivity index (χ1v) is 8.61. The van der Waals surface area contributed by atoms with Gasteiger partial charge in [-0.15, -0.1) is 0 Å². The molecule has 0 radical (unpaired) electrons. The van der Waals surface area contributed by atoms with Gasteiger partial charge in [-0.3, -0.25) is 4.79 Å². The van der Waals surface area contributed by atoms with Gasteiger partial charge in [0.2, 0.25) is 0 Å². The highest BCUT2D eigenvalue weighted by atomic mass is 16.5. The molecule has 126 valence electrons. The van der Waals surface area contributed by atoms with E-state index in [2.05, 4.69) is 0 Å². The smallest absolute Gasteiger partial charge is 0.338 e. The lowest BCUT2D eigenvalue weighted by Crippen LogP contribution is -2.18. The molecular weight excluding hydrogens is 292 g/mol. The molecule has 1 aromatic carbocycles. The van der Waals surface area contributed by atoms with Gasteiger partial charge in [-0.05, 0) is 43.7 Å². The Kier molecular flexibility index (Phi) is 6.63. The second-order valence-electron chi connectivity index (χ2n) is 5.92. The molecule has 1 fully saturated rings. The summed E-state index contributed by atoms with van der Waals surface area (Å²) in [5.74, 6) is -0.253. The van der Waals surface area contributed by atoms with Crippen LogP contribution in [0.1, 0.15) is 73.4 Å². The maximum absolute atomic E-state index is 12.5. The fraction of sp³-hybridized carbons (Fsp3) is 0.579. The molecule has 1 aliphatic carbocycles. The van der Waals surface area contributed by atoms with Crippen LogP contribution in [0.15, 0.2) is 18.2 Å². The van der Waals surface area contributed by atoms with Gasteiger partial charge in [0.1, 0.15) is 0 Å². The van der Waals surface area contributed by atoms with Crippen molar-refractivity contribution in [2.24, 2.45) is 0 Å². The number of hydrogen-bond acceptors (Lipinski definition) is 4. The lowest BCUT2D eigenvalue weighted by atomic mass is 9.80. The third kappa shape index (κ3) is 4.57. The van der Waals surface area contributed by atoms with Gasteiger partial charge in [0, 0.05) is 0 Å². The van der Waals surface area contributed by atoms with Crippen LogP contribution >= 0.6 is 0 Å². The van der Waals surface area contributed by atoms with Crippen molar-refractivity contribution in [2.75, 3.05) is 13.2 Å². The van der Waals surface area contributed by atoms with Gasteiger partial charge in [-0.1, -0.05) is 37.5 Å². The minimum Gasteiger partial charge on any atom is -0.466 e. The fourth-order valence-corrected chi connectivity index (χ4v) is 3.34. The Morgan fingerprint density at radius 2 is 1.74 bits per heavy atom. The standard InChI is InChI=1S/C19H26O4/c1-3-22-17(20)13-15-11-8-12-16(14-9-6-5-7-10-14)18(15)19(21)23-4-2/h8,11-12,14H,3-7,9-10,13H2,1-2H3. The Labute approximate surface area is 138 Å². The highest BCUT2D eigenvalue weighted by Crippen LogP contribution is 2.35. The summed E-state index contributed by atoms with van der Waals surface area (Å²) in [7, 11) is 0. The van der Waals surface area contributed by atoms with Gasteiger partial charge < -0.3 is 9.47 Å². The molecule has 23 heavy (non-hydrogen) atoms. The van der Waals surface area contributed by atoms with Gasteiger partial charge in [-0.25, -0.2) is 4.79 Å². The number of rotatable bonds is 6. The third-order valence-corrected chi connectivity index (χ3v) is 4.35. The van der Waals surface area contributed by atoms with Crippen LogP contribution in [0.25, 0.3) is 0 Å². The van der Waals surface area contributed by atoms with E-state index in [1.165, 1.54) is 19.3 Å². The molecule has 0 saturated heterocycles. The second-order valence-corrected chi connectivity index (χ2v) is 5.92. The van der Waals surface area contributed by atoms with Crippen LogP contribution in [0, 0.1) is 0 Å². The summed E-state index contributed by atoms with van der Waals surface area (Å²) in [4.78, 5) is 24.4. The highest BCUT2D eigenvalue weighted by molar-refractivity contribution is 5.94. The van der Waals surface area contributed by atoms with Crippen LogP contribution < -0.4 is 0 Å². The van der Waals surface area contributed by atoms with E-state index < -0.39 is 0 Å². The molecule has 0 N–H and O–H groups in total. The van der Waals surface area contributed by atoms with Crippen molar-refractivity contribution in [3.8, 4) is 0 Å². The second kappa shape index (κ2) is 8.70. The van der Waals surface area contributed by atoms with Gasteiger partial charge >= 0.3 is 11.9 Å². The van der Waals surface area contributed by atoms with Crippen molar-refractivity contribution < 1.29 is 19.1 Å². The van der Waals surface area contributed by atoms with Crippen LogP contribution in [-0.4, -0.2) is 25.2 Å². The minimum absolute atomic E-state index is 0.114. The predicted molar refractivity (Wildman–Crippen MR) is 88.6 cm³/mol. The summed E-state index contributed by atoms with van der Waals surface area (Å²) in [5, 5.41) is 0. The Bertz CT molecular complexity index is 544. The van der Waals surface area contributed by atoms with Crippen LogP contribution in [0.5, 0.6) is 0 Å². The molecule has 4 nitrogen and oxygen atoms in total. The van der Waals surface area contributed by atoms with Crippen molar-refractivity contribution in [1.29, 1.82) is 0 Å². The molecule has 4 heteroatoms. The summed E-state index contributed by atoms with van der Waals surface area (Å²) >= 11 is 0. The molecule has 0 spiro atoms. The number of hydrogen-bond donors (Lipinski definition) is 0. The SMILES string of the molecule is CCOC(=O)Cc1cccc(C2CCCCC2)c1C(=O)OCC. The summed E-state index contributed by atoms with van der Waals surface area (Å²) < 4.78 is 10.3.